The summed E-state index contributed by atoms with van der Waals surface area (Å²) in [5.74, 6) is 1.06. The number of fused-ring (bicyclic) bond motifs is 2. The maximum absolute atomic E-state index is 9.80. The van der Waals surface area contributed by atoms with E-state index in [1.165, 1.54) is 0 Å². The number of nitriles is 1. The van der Waals surface area contributed by atoms with Crippen LogP contribution in [-0.4, -0.2) is 13.0 Å². The molecule has 3 aliphatic heterocycles. The predicted octanol–water partition coefficient (Wildman–Crippen LogP) is 2.67. The highest BCUT2D eigenvalue weighted by atomic mass is 35.5. The van der Waals surface area contributed by atoms with Gasteiger partial charge in [0.2, 0.25) is 12.7 Å². The van der Waals surface area contributed by atoms with Gasteiger partial charge in [0.05, 0.1) is 11.6 Å². The molecule has 4 N–H and O–H groups in total. The van der Waals surface area contributed by atoms with Crippen molar-refractivity contribution < 1.29 is 14.2 Å². The number of hydrazine groups is 1. The van der Waals surface area contributed by atoms with Crippen LogP contribution >= 0.6 is 11.6 Å². The highest BCUT2D eigenvalue weighted by Crippen LogP contribution is 2.49. The average Bonchev–Trinajstić information content (AvgIpc) is 3.33. The lowest BCUT2D eigenvalue weighted by Gasteiger charge is -2.36. The summed E-state index contributed by atoms with van der Waals surface area (Å²) in [7, 11) is 0. The summed E-state index contributed by atoms with van der Waals surface area (Å²) in [5, 5.41) is 10.4. The Bertz CT molecular complexity index is 1020. The molecule has 28 heavy (non-hydrogen) atoms. The maximum Gasteiger partial charge on any atom is 0.231 e. The molecule has 0 aromatic heterocycles. The quantitative estimate of drug-likeness (QED) is 0.717. The molecule has 4 atom stereocenters. The third-order valence-electron chi connectivity index (χ3n) is 5.45. The molecule has 3 heterocycles. The van der Waals surface area contributed by atoms with E-state index >= 15 is 0 Å². The molecular formula is C20H17ClN4O3. The van der Waals surface area contributed by atoms with Crippen LogP contribution < -0.4 is 26.1 Å². The lowest BCUT2D eigenvalue weighted by molar-refractivity contribution is 0.0341. The number of nitrogens with one attached hydrogen (secondary N) is 2. The first-order chi connectivity index (χ1) is 13.7. The Hall–Kier alpha value is -2.92. The van der Waals surface area contributed by atoms with Crippen molar-refractivity contribution in [3.05, 3.63) is 70.1 Å². The lowest BCUT2D eigenvalue weighted by atomic mass is 9.74. The number of ether oxygens (including phenoxy) is 3. The zero-order chi connectivity index (χ0) is 19.3. The Morgan fingerprint density at radius 2 is 1.93 bits per heavy atom. The average molecular weight is 397 g/mol. The minimum Gasteiger partial charge on any atom is -0.458 e. The maximum atomic E-state index is 9.80. The van der Waals surface area contributed by atoms with Crippen LogP contribution in [0.5, 0.6) is 11.5 Å². The number of hydrogen-bond donors (Lipinski definition) is 3. The Morgan fingerprint density at radius 1 is 1.11 bits per heavy atom. The number of allylic oxidation sites excluding steroid dienone is 1. The van der Waals surface area contributed by atoms with Gasteiger partial charge in [0, 0.05) is 16.9 Å². The predicted molar refractivity (Wildman–Crippen MR) is 101 cm³/mol. The third kappa shape index (κ3) is 2.58. The summed E-state index contributed by atoms with van der Waals surface area (Å²) < 4.78 is 16.7. The fraction of sp³-hybridized carbons (Fsp3) is 0.250. The van der Waals surface area contributed by atoms with Crippen LogP contribution in [0.4, 0.5) is 0 Å². The van der Waals surface area contributed by atoms with Crippen molar-refractivity contribution in [1.82, 2.24) is 10.9 Å². The Kier molecular flexibility index (Phi) is 4.05. The molecule has 0 saturated carbocycles. The molecule has 7 nitrogen and oxygen atoms in total. The van der Waals surface area contributed by atoms with E-state index in [-0.39, 0.29) is 30.6 Å². The van der Waals surface area contributed by atoms with Crippen molar-refractivity contribution in [2.75, 3.05) is 6.79 Å². The number of nitrogens with two attached hydrogens (primary N) is 1. The minimum absolute atomic E-state index is 0.120. The zero-order valence-electron chi connectivity index (χ0n) is 14.7. The summed E-state index contributed by atoms with van der Waals surface area (Å²) in [6, 6.07) is 15.4. The van der Waals surface area contributed by atoms with E-state index < -0.39 is 6.23 Å². The first-order valence-electron chi connectivity index (χ1n) is 8.89. The number of rotatable bonds is 2. The van der Waals surface area contributed by atoms with Crippen molar-refractivity contribution >= 4 is 11.6 Å². The van der Waals surface area contributed by atoms with Crippen LogP contribution in [-0.2, 0) is 4.74 Å². The van der Waals surface area contributed by atoms with Crippen LogP contribution in [0.1, 0.15) is 23.1 Å². The van der Waals surface area contributed by atoms with Gasteiger partial charge in [-0.25, -0.2) is 10.9 Å². The Balaban J connectivity index is 1.62. The number of hydrogen-bond acceptors (Lipinski definition) is 7. The molecule has 8 heteroatoms. The van der Waals surface area contributed by atoms with Crippen LogP contribution in [0.3, 0.4) is 0 Å². The summed E-state index contributed by atoms with van der Waals surface area (Å²) in [6.07, 6.45) is -0.409. The molecule has 3 aliphatic rings. The van der Waals surface area contributed by atoms with Crippen molar-refractivity contribution in [3.8, 4) is 17.6 Å². The molecule has 5 rings (SSSR count). The van der Waals surface area contributed by atoms with Crippen molar-refractivity contribution in [2.24, 2.45) is 11.7 Å². The fourth-order valence-corrected chi connectivity index (χ4v) is 4.44. The van der Waals surface area contributed by atoms with Crippen LogP contribution in [0.15, 0.2) is 53.9 Å². The first-order valence-corrected chi connectivity index (χ1v) is 9.26. The molecule has 2 aromatic rings. The van der Waals surface area contributed by atoms with Gasteiger partial charge in [-0.15, -0.1) is 0 Å². The molecule has 0 amide bonds. The standard InChI is InChI=1S/C20H17ClN4O3/c21-13-4-2-1-3-11(13)16-12(8-22)19(23)28-20-17(16)18(24-25-20)10-5-6-14-15(7-10)27-9-26-14/h1-7,16-18,20,24-25H,9,23H2. The van der Waals surface area contributed by atoms with Gasteiger partial charge in [-0.05, 0) is 29.3 Å². The Labute approximate surface area is 166 Å². The molecule has 0 spiro atoms. The molecule has 142 valence electrons. The monoisotopic (exact) mass is 396 g/mol. The van der Waals surface area contributed by atoms with Gasteiger partial charge < -0.3 is 19.9 Å². The molecule has 1 fully saturated rings. The van der Waals surface area contributed by atoms with Crippen LogP contribution in [0.25, 0.3) is 0 Å². The van der Waals surface area contributed by atoms with E-state index in [0.29, 0.717) is 16.3 Å². The van der Waals surface area contributed by atoms with Crippen molar-refractivity contribution in [2.45, 2.75) is 18.2 Å². The van der Waals surface area contributed by atoms with Gasteiger partial charge in [-0.1, -0.05) is 35.9 Å². The van der Waals surface area contributed by atoms with Crippen LogP contribution in [0.2, 0.25) is 5.02 Å². The summed E-state index contributed by atoms with van der Waals surface area (Å²) in [6.45, 7) is 0.213. The van der Waals surface area contributed by atoms with Crippen molar-refractivity contribution in [1.29, 1.82) is 5.26 Å². The number of nitrogens with zero attached hydrogens (tertiary/aromatic N) is 1. The van der Waals surface area contributed by atoms with Gasteiger partial charge >= 0.3 is 0 Å². The summed E-state index contributed by atoms with van der Waals surface area (Å²) >= 11 is 6.50. The molecule has 0 aliphatic carbocycles. The Morgan fingerprint density at radius 3 is 2.75 bits per heavy atom. The van der Waals surface area contributed by atoms with Gasteiger partial charge in [-0.3, -0.25) is 0 Å². The second kappa shape index (κ2) is 6.60. The largest absolute Gasteiger partial charge is 0.458 e. The lowest BCUT2D eigenvalue weighted by Crippen LogP contribution is -2.41. The zero-order valence-corrected chi connectivity index (χ0v) is 15.4. The van der Waals surface area contributed by atoms with Gasteiger partial charge in [-0.2, -0.15) is 5.26 Å². The second-order valence-corrected chi connectivity index (χ2v) is 7.29. The van der Waals surface area contributed by atoms with Crippen molar-refractivity contribution in [3.63, 3.8) is 0 Å². The van der Waals surface area contributed by atoms with E-state index in [0.717, 1.165) is 16.9 Å². The van der Waals surface area contributed by atoms with E-state index in [1.54, 1.807) is 0 Å². The number of benzene rings is 2. The molecule has 4 unspecified atom stereocenters. The van der Waals surface area contributed by atoms with Gasteiger partial charge in [0.1, 0.15) is 6.07 Å². The minimum atomic E-state index is -0.409. The molecular weight excluding hydrogens is 380 g/mol. The SMILES string of the molecule is N#CC1=C(N)OC2NNC(c3ccc4c(c3)OCO4)C2C1c1ccccc1Cl. The third-order valence-corrected chi connectivity index (χ3v) is 5.79. The number of halogens is 1. The summed E-state index contributed by atoms with van der Waals surface area (Å²) in [4.78, 5) is 0. The molecule has 0 radical (unpaired) electrons. The topological polar surface area (TPSA) is 102 Å². The van der Waals surface area contributed by atoms with E-state index in [2.05, 4.69) is 16.9 Å². The highest BCUT2D eigenvalue weighted by molar-refractivity contribution is 6.31. The van der Waals surface area contributed by atoms with E-state index in [9.17, 15) is 5.26 Å². The normalized spacial score (nSPS) is 27.9. The highest BCUT2D eigenvalue weighted by Gasteiger charge is 2.49. The second-order valence-electron chi connectivity index (χ2n) is 6.88. The molecule has 2 aromatic carbocycles. The smallest absolute Gasteiger partial charge is 0.231 e. The summed E-state index contributed by atoms with van der Waals surface area (Å²) in [5.41, 5.74) is 14.7. The van der Waals surface area contributed by atoms with Gasteiger partial charge in [0.25, 0.3) is 0 Å². The fourth-order valence-electron chi connectivity index (χ4n) is 4.19. The molecule has 1 saturated heterocycles. The first kappa shape index (κ1) is 17.2. The van der Waals surface area contributed by atoms with E-state index in [4.69, 9.17) is 31.5 Å². The van der Waals surface area contributed by atoms with E-state index in [1.807, 2.05) is 42.5 Å². The van der Waals surface area contributed by atoms with Crippen LogP contribution in [0, 0.1) is 17.2 Å². The molecule has 0 bridgehead atoms. The van der Waals surface area contributed by atoms with Gasteiger partial charge in [0.15, 0.2) is 17.7 Å².